The van der Waals surface area contributed by atoms with E-state index in [0.717, 1.165) is 35.8 Å². The molecule has 0 bridgehead atoms. The van der Waals surface area contributed by atoms with E-state index in [1.54, 1.807) is 6.20 Å². The molecule has 0 spiro atoms. The van der Waals surface area contributed by atoms with Crippen LogP contribution in [0.1, 0.15) is 18.3 Å². The largest absolute Gasteiger partial charge is 0.492 e. The Hall–Kier alpha value is -3.91. The van der Waals surface area contributed by atoms with Crippen LogP contribution in [0.15, 0.2) is 66.9 Å². The summed E-state index contributed by atoms with van der Waals surface area (Å²) in [6.07, 6.45) is 1.81. The fourth-order valence-electron chi connectivity index (χ4n) is 4.39. The first-order chi connectivity index (χ1) is 17.1. The van der Waals surface area contributed by atoms with Crippen molar-refractivity contribution >= 4 is 22.9 Å². The maximum Gasteiger partial charge on any atom is 0.322 e. The number of fused-ring (bicyclic) bond motifs is 1. The average molecular weight is 471 g/mol. The minimum absolute atomic E-state index is 0.104. The minimum atomic E-state index is -0.104. The van der Waals surface area contributed by atoms with Gasteiger partial charge in [0.05, 0.1) is 18.8 Å². The number of para-hydroxylation sites is 2. The van der Waals surface area contributed by atoms with Gasteiger partial charge in [-0.1, -0.05) is 29.8 Å². The van der Waals surface area contributed by atoms with Crippen molar-refractivity contribution in [3.8, 4) is 11.4 Å². The van der Waals surface area contributed by atoms with Crippen LogP contribution in [0.4, 0.5) is 10.5 Å². The lowest BCUT2D eigenvalue weighted by Gasteiger charge is -2.34. The second-order valence-corrected chi connectivity index (χ2v) is 8.67. The van der Waals surface area contributed by atoms with Crippen molar-refractivity contribution in [2.24, 2.45) is 0 Å². The van der Waals surface area contributed by atoms with Gasteiger partial charge in [0.1, 0.15) is 17.1 Å². The maximum atomic E-state index is 12.9. The Balaban J connectivity index is 1.27. The first-order valence-corrected chi connectivity index (χ1v) is 12.0. The molecule has 2 aromatic heterocycles. The van der Waals surface area contributed by atoms with Crippen LogP contribution in [0.25, 0.3) is 16.9 Å². The number of rotatable bonds is 6. The van der Waals surface area contributed by atoms with Crippen LogP contribution in [-0.4, -0.2) is 63.2 Å². The fraction of sp³-hybridized carbons (Fsp3) is 0.296. The van der Waals surface area contributed by atoms with Gasteiger partial charge in [-0.2, -0.15) is 0 Å². The summed E-state index contributed by atoms with van der Waals surface area (Å²) in [5.74, 6) is 1.64. The molecule has 1 N–H and O–H groups in total. The summed E-state index contributed by atoms with van der Waals surface area (Å²) in [6, 6.07) is 19.8. The molecule has 0 aliphatic carbocycles. The van der Waals surface area contributed by atoms with Gasteiger partial charge >= 0.3 is 6.03 Å². The Morgan fingerprint density at radius 1 is 1.00 bits per heavy atom. The molecule has 0 radical (unpaired) electrons. The molecular weight excluding hydrogens is 440 g/mol. The van der Waals surface area contributed by atoms with E-state index >= 15 is 0 Å². The van der Waals surface area contributed by atoms with Crippen LogP contribution in [0.3, 0.4) is 0 Å². The van der Waals surface area contributed by atoms with Crippen LogP contribution < -0.4 is 10.1 Å². The Morgan fingerprint density at radius 3 is 2.54 bits per heavy atom. The molecule has 180 valence electrons. The van der Waals surface area contributed by atoms with Crippen molar-refractivity contribution in [2.45, 2.75) is 20.4 Å². The van der Waals surface area contributed by atoms with Gasteiger partial charge in [0, 0.05) is 38.1 Å². The van der Waals surface area contributed by atoms with E-state index < -0.39 is 0 Å². The van der Waals surface area contributed by atoms with Crippen LogP contribution in [0.2, 0.25) is 0 Å². The number of hydrogen-bond donors (Lipinski definition) is 1. The number of anilines is 1. The molecule has 8 heteroatoms. The second kappa shape index (κ2) is 10.1. The number of aromatic nitrogens is 3. The fourth-order valence-corrected chi connectivity index (χ4v) is 4.39. The zero-order valence-electron chi connectivity index (χ0n) is 20.1. The number of carbonyl (C=O) groups is 1. The molecule has 0 atom stereocenters. The summed E-state index contributed by atoms with van der Waals surface area (Å²) in [6.45, 7) is 8.08. The van der Waals surface area contributed by atoms with Crippen molar-refractivity contribution in [3.05, 3.63) is 78.2 Å². The SMILES string of the molecule is CCOc1ccccc1NC(=O)N1CCN(Cc2nc3cccnc3n2-c2ccc(C)cc2)CC1. The molecule has 1 fully saturated rings. The third-order valence-corrected chi connectivity index (χ3v) is 6.23. The molecule has 1 saturated heterocycles. The van der Waals surface area contributed by atoms with Crippen LogP contribution in [0, 0.1) is 6.92 Å². The summed E-state index contributed by atoms with van der Waals surface area (Å²) in [7, 11) is 0. The van der Waals surface area contributed by atoms with Gasteiger partial charge in [-0.15, -0.1) is 0 Å². The van der Waals surface area contributed by atoms with Gasteiger partial charge in [-0.25, -0.2) is 14.8 Å². The normalized spacial score (nSPS) is 14.3. The van der Waals surface area contributed by atoms with E-state index in [0.29, 0.717) is 37.7 Å². The predicted octanol–water partition coefficient (Wildman–Crippen LogP) is 4.48. The number of urea groups is 1. The van der Waals surface area contributed by atoms with Gasteiger partial charge < -0.3 is 15.0 Å². The number of nitrogens with one attached hydrogen (secondary N) is 1. The van der Waals surface area contributed by atoms with Crippen molar-refractivity contribution in [1.29, 1.82) is 0 Å². The Labute approximate surface area is 205 Å². The lowest BCUT2D eigenvalue weighted by Crippen LogP contribution is -2.49. The third-order valence-electron chi connectivity index (χ3n) is 6.23. The molecule has 0 saturated carbocycles. The molecule has 4 aromatic rings. The van der Waals surface area contributed by atoms with Crippen molar-refractivity contribution in [3.63, 3.8) is 0 Å². The van der Waals surface area contributed by atoms with E-state index in [4.69, 9.17) is 9.72 Å². The van der Waals surface area contributed by atoms with Crippen molar-refractivity contribution in [1.82, 2.24) is 24.3 Å². The van der Waals surface area contributed by atoms with E-state index in [1.165, 1.54) is 5.56 Å². The number of carbonyl (C=O) groups excluding carboxylic acids is 1. The van der Waals surface area contributed by atoms with Gasteiger partial charge in [-0.05, 0) is 50.2 Å². The van der Waals surface area contributed by atoms with Crippen molar-refractivity contribution in [2.75, 3.05) is 38.1 Å². The summed E-state index contributed by atoms with van der Waals surface area (Å²) in [4.78, 5) is 26.6. The third kappa shape index (κ3) is 4.97. The van der Waals surface area contributed by atoms with E-state index in [2.05, 4.69) is 51.0 Å². The number of amides is 2. The van der Waals surface area contributed by atoms with Crippen LogP contribution >= 0.6 is 0 Å². The molecule has 3 heterocycles. The highest BCUT2D eigenvalue weighted by molar-refractivity contribution is 5.91. The monoisotopic (exact) mass is 470 g/mol. The van der Waals surface area contributed by atoms with Gasteiger partial charge in [0.2, 0.25) is 0 Å². The standard InChI is InChI=1S/C27H30N6O2/c1-3-35-24-9-5-4-7-22(24)30-27(34)32-17-15-31(16-18-32)19-25-29-23-8-6-14-28-26(23)33(25)21-12-10-20(2)11-13-21/h4-14H,3,15-19H2,1-2H3,(H,30,34). The first kappa shape index (κ1) is 22.9. The van der Waals surface area contributed by atoms with Crippen molar-refractivity contribution < 1.29 is 9.53 Å². The molecule has 1 aliphatic rings. The zero-order valence-corrected chi connectivity index (χ0v) is 20.1. The Morgan fingerprint density at radius 2 is 1.77 bits per heavy atom. The molecular formula is C27H30N6O2. The van der Waals surface area contributed by atoms with E-state index in [9.17, 15) is 4.79 Å². The molecule has 0 unspecified atom stereocenters. The lowest BCUT2D eigenvalue weighted by molar-refractivity contribution is 0.140. The number of nitrogens with zero attached hydrogens (tertiary/aromatic N) is 5. The zero-order chi connectivity index (χ0) is 24.2. The highest BCUT2D eigenvalue weighted by atomic mass is 16.5. The summed E-state index contributed by atoms with van der Waals surface area (Å²) in [5, 5.41) is 3.00. The Bertz CT molecular complexity index is 1310. The lowest BCUT2D eigenvalue weighted by atomic mass is 10.2. The predicted molar refractivity (Wildman–Crippen MR) is 137 cm³/mol. The molecule has 2 amide bonds. The molecule has 8 nitrogen and oxygen atoms in total. The maximum absolute atomic E-state index is 12.9. The van der Waals surface area contributed by atoms with E-state index in [1.807, 2.05) is 48.2 Å². The number of ether oxygens (including phenoxy) is 1. The number of piperazine rings is 1. The van der Waals surface area contributed by atoms with Gasteiger partial charge in [-0.3, -0.25) is 9.47 Å². The smallest absolute Gasteiger partial charge is 0.322 e. The molecule has 35 heavy (non-hydrogen) atoms. The second-order valence-electron chi connectivity index (χ2n) is 8.67. The summed E-state index contributed by atoms with van der Waals surface area (Å²) in [5.41, 5.74) is 4.70. The highest BCUT2D eigenvalue weighted by Gasteiger charge is 2.24. The first-order valence-electron chi connectivity index (χ1n) is 12.0. The van der Waals surface area contributed by atoms with Gasteiger partial charge in [0.25, 0.3) is 0 Å². The number of imidazole rings is 1. The topological polar surface area (TPSA) is 75.5 Å². The van der Waals surface area contributed by atoms with E-state index in [-0.39, 0.29) is 6.03 Å². The molecule has 2 aromatic carbocycles. The van der Waals surface area contributed by atoms with Gasteiger partial charge in [0.15, 0.2) is 5.65 Å². The number of hydrogen-bond acceptors (Lipinski definition) is 5. The molecule has 1 aliphatic heterocycles. The highest BCUT2D eigenvalue weighted by Crippen LogP contribution is 2.25. The summed E-state index contributed by atoms with van der Waals surface area (Å²) >= 11 is 0. The van der Waals surface area contributed by atoms with Crippen LogP contribution in [-0.2, 0) is 6.54 Å². The number of benzene rings is 2. The average Bonchev–Trinajstić information content (AvgIpc) is 3.24. The number of pyridine rings is 1. The number of aryl methyl sites for hydroxylation is 1. The quantitative estimate of drug-likeness (QED) is 0.450. The molecule has 5 rings (SSSR count). The minimum Gasteiger partial charge on any atom is -0.492 e. The summed E-state index contributed by atoms with van der Waals surface area (Å²) < 4.78 is 7.77. The van der Waals surface area contributed by atoms with Crippen LogP contribution in [0.5, 0.6) is 5.75 Å². The Kier molecular flexibility index (Phi) is 6.63.